The minimum absolute atomic E-state index is 0.580. The van der Waals surface area contributed by atoms with Crippen molar-refractivity contribution < 1.29 is 8.83 Å². The van der Waals surface area contributed by atoms with E-state index in [0.717, 1.165) is 77.6 Å². The third-order valence-electron chi connectivity index (χ3n) is 11.1. The van der Waals surface area contributed by atoms with Gasteiger partial charge in [-0.05, 0) is 70.3 Å². The summed E-state index contributed by atoms with van der Waals surface area (Å²) in [5.74, 6) is 0.580. The van der Waals surface area contributed by atoms with Crippen LogP contribution in [-0.4, -0.2) is 4.98 Å². The summed E-state index contributed by atoms with van der Waals surface area (Å²) in [7, 11) is 0. The van der Waals surface area contributed by atoms with E-state index in [2.05, 4.69) is 157 Å². The van der Waals surface area contributed by atoms with Crippen molar-refractivity contribution in [2.45, 2.75) is 0 Å². The summed E-state index contributed by atoms with van der Waals surface area (Å²) in [6, 6.07) is 64.4. The molecule has 0 amide bonds. The van der Waals surface area contributed by atoms with Gasteiger partial charge < -0.3 is 13.7 Å². The van der Waals surface area contributed by atoms with E-state index in [1.165, 1.54) is 30.9 Å². The first-order chi connectivity index (χ1) is 27.7. The van der Waals surface area contributed by atoms with Crippen molar-refractivity contribution in [2.75, 3.05) is 4.90 Å². The highest BCUT2D eigenvalue weighted by Crippen LogP contribution is 2.47. The molecule has 0 N–H and O–H groups in total. The third-order valence-corrected chi connectivity index (χ3v) is 12.3. The van der Waals surface area contributed by atoms with Crippen LogP contribution in [0.4, 0.5) is 17.1 Å². The van der Waals surface area contributed by atoms with Gasteiger partial charge in [0, 0.05) is 64.9 Å². The van der Waals surface area contributed by atoms with Crippen molar-refractivity contribution in [3.8, 4) is 22.6 Å². The lowest BCUT2D eigenvalue weighted by atomic mass is 10.0. The summed E-state index contributed by atoms with van der Waals surface area (Å²) in [6.07, 6.45) is 0. The van der Waals surface area contributed by atoms with Crippen LogP contribution in [0.5, 0.6) is 0 Å². The normalized spacial score (nSPS) is 11.9. The second-order valence-electron chi connectivity index (χ2n) is 14.3. The van der Waals surface area contributed by atoms with Gasteiger partial charge in [-0.25, -0.2) is 4.98 Å². The molecule has 0 aliphatic carbocycles. The Bertz CT molecular complexity index is 3500. The van der Waals surface area contributed by atoms with Gasteiger partial charge in [0.15, 0.2) is 5.58 Å². The first kappa shape index (κ1) is 31.2. The lowest BCUT2D eigenvalue weighted by molar-refractivity contribution is 0.623. The third kappa shape index (κ3) is 4.75. The molecule has 0 aliphatic heterocycles. The van der Waals surface area contributed by atoms with Gasteiger partial charge in [0.1, 0.15) is 16.7 Å². The van der Waals surface area contributed by atoms with Crippen LogP contribution in [0.1, 0.15) is 0 Å². The van der Waals surface area contributed by atoms with Gasteiger partial charge in [-0.3, -0.25) is 0 Å². The number of fused-ring (bicyclic) bond motifs is 11. The Labute approximate surface area is 325 Å². The lowest BCUT2D eigenvalue weighted by Gasteiger charge is -2.28. The summed E-state index contributed by atoms with van der Waals surface area (Å²) in [6.45, 7) is 0. The van der Waals surface area contributed by atoms with Crippen molar-refractivity contribution in [1.82, 2.24) is 4.98 Å². The number of para-hydroxylation sites is 1. The molecule has 0 radical (unpaired) electrons. The van der Waals surface area contributed by atoms with E-state index in [9.17, 15) is 0 Å². The second-order valence-corrected chi connectivity index (χ2v) is 15.3. The van der Waals surface area contributed by atoms with Gasteiger partial charge in [-0.15, -0.1) is 11.3 Å². The van der Waals surface area contributed by atoms with Gasteiger partial charge in [0.25, 0.3) is 0 Å². The zero-order chi connectivity index (χ0) is 36.7. The maximum Gasteiger partial charge on any atom is 0.228 e. The molecular weight excluding hydrogens is 705 g/mol. The molecule has 0 atom stereocenters. The number of nitrogens with zero attached hydrogens (tertiary/aromatic N) is 2. The summed E-state index contributed by atoms with van der Waals surface area (Å²) in [5.41, 5.74) is 9.58. The molecule has 56 heavy (non-hydrogen) atoms. The van der Waals surface area contributed by atoms with Crippen LogP contribution in [0, 0.1) is 0 Å². The predicted molar refractivity (Wildman–Crippen MR) is 235 cm³/mol. The molecule has 0 fully saturated rings. The van der Waals surface area contributed by atoms with Crippen LogP contribution in [-0.2, 0) is 0 Å². The monoisotopic (exact) mass is 734 g/mol. The number of rotatable bonds is 5. The standard InChI is InChI=1S/C51H30N2O2S/c1-2-11-31(12-3-1)36-15-8-9-19-44(36)53(35-23-26-39-40-25-21-33-14-5-7-17-38(33)50(40)56-47(39)30-35)34-24-27-41-46(29-34)54-45-20-10-18-42(48(41)45)51-52-43-28-22-32-13-4-6-16-37(32)49(43)55-51/h1-30H. The van der Waals surface area contributed by atoms with Crippen molar-refractivity contribution in [1.29, 1.82) is 0 Å². The number of furan rings is 1. The van der Waals surface area contributed by atoms with Crippen LogP contribution in [0.25, 0.3) is 97.3 Å². The zero-order valence-corrected chi connectivity index (χ0v) is 30.8. The van der Waals surface area contributed by atoms with E-state index in [1.807, 2.05) is 41.7 Å². The molecule has 3 aromatic heterocycles. The SMILES string of the molecule is c1ccc(-c2ccccc2N(c2ccc3c(c2)oc2cccc(-c4nc5ccc6ccccc6c5o4)c23)c2ccc3c(c2)sc2c4ccccc4ccc32)cc1. The smallest absolute Gasteiger partial charge is 0.228 e. The van der Waals surface area contributed by atoms with Gasteiger partial charge in [-0.1, -0.05) is 127 Å². The average Bonchev–Trinajstić information content (AvgIpc) is 3.98. The first-order valence-electron chi connectivity index (χ1n) is 18.8. The summed E-state index contributed by atoms with van der Waals surface area (Å²) in [5, 5.41) is 9.28. The van der Waals surface area contributed by atoms with E-state index >= 15 is 0 Å². The highest BCUT2D eigenvalue weighted by Gasteiger charge is 2.22. The molecule has 0 bridgehead atoms. The molecule has 0 saturated heterocycles. The fourth-order valence-corrected chi connectivity index (χ4v) is 9.76. The molecule has 5 heteroatoms. The average molecular weight is 735 g/mol. The number of hydrogen-bond acceptors (Lipinski definition) is 5. The molecule has 0 unspecified atom stereocenters. The predicted octanol–water partition coefficient (Wildman–Crippen LogP) is 15.2. The number of aromatic nitrogens is 1. The first-order valence-corrected chi connectivity index (χ1v) is 19.6. The molecule has 12 rings (SSSR count). The fourth-order valence-electron chi connectivity index (χ4n) is 8.49. The van der Waals surface area contributed by atoms with E-state index in [4.69, 9.17) is 13.8 Å². The molecule has 3 heterocycles. The Morgan fingerprint density at radius 2 is 1.16 bits per heavy atom. The number of benzene rings is 9. The van der Waals surface area contributed by atoms with Crippen LogP contribution < -0.4 is 4.90 Å². The van der Waals surface area contributed by atoms with Crippen LogP contribution in [0.3, 0.4) is 0 Å². The van der Waals surface area contributed by atoms with Gasteiger partial charge in [-0.2, -0.15) is 0 Å². The number of hydrogen-bond donors (Lipinski definition) is 0. The molecule has 9 aromatic carbocycles. The van der Waals surface area contributed by atoms with Gasteiger partial charge >= 0.3 is 0 Å². The quantitative estimate of drug-likeness (QED) is 0.177. The number of thiophene rings is 1. The van der Waals surface area contributed by atoms with Crippen molar-refractivity contribution >= 4 is 103 Å². The Morgan fingerprint density at radius 3 is 2.05 bits per heavy atom. The van der Waals surface area contributed by atoms with Crippen molar-refractivity contribution in [3.05, 3.63) is 182 Å². The van der Waals surface area contributed by atoms with Crippen LogP contribution in [0.2, 0.25) is 0 Å². The van der Waals surface area contributed by atoms with Crippen LogP contribution >= 0.6 is 11.3 Å². The second kappa shape index (κ2) is 12.2. The van der Waals surface area contributed by atoms with E-state index in [0.29, 0.717) is 5.89 Å². The zero-order valence-electron chi connectivity index (χ0n) is 29.9. The fraction of sp³-hybridized carbons (Fsp3) is 0. The van der Waals surface area contributed by atoms with Crippen molar-refractivity contribution in [2.24, 2.45) is 0 Å². The maximum absolute atomic E-state index is 6.69. The minimum Gasteiger partial charge on any atom is -0.456 e. The summed E-state index contributed by atoms with van der Waals surface area (Å²) < 4.78 is 15.8. The van der Waals surface area contributed by atoms with E-state index in [-0.39, 0.29) is 0 Å². The summed E-state index contributed by atoms with van der Waals surface area (Å²) >= 11 is 1.86. The molecule has 0 saturated carbocycles. The lowest BCUT2D eigenvalue weighted by Crippen LogP contribution is -2.11. The molecular formula is C51H30N2O2S. The van der Waals surface area contributed by atoms with E-state index in [1.54, 1.807) is 0 Å². The Hall–Kier alpha value is -7.21. The summed E-state index contributed by atoms with van der Waals surface area (Å²) in [4.78, 5) is 7.34. The molecule has 0 spiro atoms. The number of oxazole rings is 1. The topological polar surface area (TPSA) is 42.4 Å². The highest BCUT2D eigenvalue weighted by atomic mass is 32.1. The van der Waals surface area contributed by atoms with Gasteiger partial charge in [0.05, 0.1) is 5.69 Å². The largest absolute Gasteiger partial charge is 0.456 e. The maximum atomic E-state index is 6.69. The molecule has 12 aromatic rings. The van der Waals surface area contributed by atoms with Crippen LogP contribution in [0.15, 0.2) is 191 Å². The van der Waals surface area contributed by atoms with E-state index < -0.39 is 0 Å². The minimum atomic E-state index is 0.580. The number of anilines is 3. The van der Waals surface area contributed by atoms with Gasteiger partial charge in [0.2, 0.25) is 5.89 Å². The Morgan fingerprint density at radius 1 is 0.464 bits per heavy atom. The Kier molecular flexibility index (Phi) is 6.76. The molecule has 262 valence electrons. The van der Waals surface area contributed by atoms with Crippen molar-refractivity contribution in [3.63, 3.8) is 0 Å². The molecule has 0 aliphatic rings. The Balaban J connectivity index is 1.06. The molecule has 4 nitrogen and oxygen atoms in total. The highest BCUT2D eigenvalue weighted by molar-refractivity contribution is 7.26.